The van der Waals surface area contributed by atoms with E-state index in [1.165, 1.54) is 12.8 Å². The fraction of sp³-hybridized carbons (Fsp3) is 0.909. The van der Waals surface area contributed by atoms with Gasteiger partial charge in [-0.15, -0.1) is 0 Å². The van der Waals surface area contributed by atoms with Gasteiger partial charge in [0.25, 0.3) is 0 Å². The number of rotatable bonds is 4. The van der Waals surface area contributed by atoms with Crippen molar-refractivity contribution in [1.82, 2.24) is 0 Å². The lowest BCUT2D eigenvalue weighted by Crippen LogP contribution is -2.24. The van der Waals surface area contributed by atoms with Crippen LogP contribution in [0.4, 0.5) is 0 Å². The van der Waals surface area contributed by atoms with Gasteiger partial charge < -0.3 is 9.53 Å². The van der Waals surface area contributed by atoms with Crippen molar-refractivity contribution in [3.05, 3.63) is 0 Å². The summed E-state index contributed by atoms with van der Waals surface area (Å²) in [4.78, 5) is 10.1. The van der Waals surface area contributed by atoms with Crippen molar-refractivity contribution in [2.24, 2.45) is 11.8 Å². The highest BCUT2D eigenvalue weighted by molar-refractivity contribution is 5.50. The molecule has 0 aromatic rings. The number of hydrogen-bond donors (Lipinski definition) is 0. The third-order valence-corrected chi connectivity index (χ3v) is 3.06. The van der Waals surface area contributed by atoms with Crippen LogP contribution in [0.5, 0.6) is 0 Å². The van der Waals surface area contributed by atoms with Crippen LogP contribution in [0.3, 0.4) is 0 Å². The zero-order valence-corrected chi connectivity index (χ0v) is 8.66. The highest BCUT2D eigenvalue weighted by Gasteiger charge is 2.23. The summed E-state index contributed by atoms with van der Waals surface area (Å²) < 4.78 is 5.39. The minimum absolute atomic E-state index is 0.275. The van der Waals surface area contributed by atoms with Gasteiger partial charge in [-0.2, -0.15) is 0 Å². The number of carbonyl (C=O) groups is 1. The summed E-state index contributed by atoms with van der Waals surface area (Å²) in [6, 6.07) is 0. The summed E-state index contributed by atoms with van der Waals surface area (Å²) in [6.07, 6.45) is 5.99. The van der Waals surface area contributed by atoms with Gasteiger partial charge >= 0.3 is 0 Å². The molecule has 0 spiro atoms. The average Bonchev–Trinajstić information content (AvgIpc) is 2.15. The second-order valence-electron chi connectivity index (χ2n) is 4.28. The lowest BCUT2D eigenvalue weighted by Gasteiger charge is -2.30. The molecule has 0 atom stereocenters. The minimum Gasteiger partial charge on any atom is -0.371 e. The Morgan fingerprint density at radius 3 is 2.38 bits per heavy atom. The van der Waals surface area contributed by atoms with Crippen molar-refractivity contribution in [2.45, 2.75) is 45.6 Å². The summed E-state index contributed by atoms with van der Waals surface area (Å²) >= 11 is 0. The number of ether oxygens (including phenoxy) is 1. The Bertz CT molecular complexity index is 146. The molecule has 1 saturated carbocycles. The second-order valence-corrected chi connectivity index (χ2v) is 4.28. The third-order valence-electron chi connectivity index (χ3n) is 3.06. The van der Waals surface area contributed by atoms with Crippen LogP contribution in [0.15, 0.2) is 0 Å². The van der Waals surface area contributed by atoms with E-state index in [9.17, 15) is 4.79 Å². The largest absolute Gasteiger partial charge is 0.371 e. The summed E-state index contributed by atoms with van der Waals surface area (Å²) in [5.41, 5.74) is 0. The molecule has 0 unspecified atom stereocenters. The van der Waals surface area contributed by atoms with Crippen LogP contribution in [-0.4, -0.2) is 19.0 Å². The van der Waals surface area contributed by atoms with Crippen molar-refractivity contribution < 1.29 is 9.53 Å². The monoisotopic (exact) mass is 184 g/mol. The van der Waals surface area contributed by atoms with Crippen molar-refractivity contribution in [3.63, 3.8) is 0 Å². The summed E-state index contributed by atoms with van der Waals surface area (Å²) in [7, 11) is 0. The van der Waals surface area contributed by atoms with Gasteiger partial charge in [-0.3, -0.25) is 0 Å². The van der Waals surface area contributed by atoms with E-state index in [1.807, 2.05) is 0 Å². The Balaban J connectivity index is 2.18. The Kier molecular flexibility index (Phi) is 4.43. The number of hydrogen-bond acceptors (Lipinski definition) is 2. The third kappa shape index (κ3) is 3.47. The molecule has 2 nitrogen and oxygen atoms in total. The number of carbonyl (C=O) groups excluding carboxylic acids is 1. The van der Waals surface area contributed by atoms with E-state index in [0.717, 1.165) is 31.0 Å². The van der Waals surface area contributed by atoms with Crippen LogP contribution >= 0.6 is 0 Å². The predicted octanol–water partition coefficient (Wildman–Crippen LogP) is 2.42. The minimum atomic E-state index is 0.275. The van der Waals surface area contributed by atoms with Crippen molar-refractivity contribution in [3.8, 4) is 0 Å². The van der Waals surface area contributed by atoms with Crippen molar-refractivity contribution in [1.29, 1.82) is 0 Å². The van der Waals surface area contributed by atoms with E-state index in [2.05, 4.69) is 13.8 Å². The highest BCUT2D eigenvalue weighted by Crippen LogP contribution is 2.30. The Morgan fingerprint density at radius 1 is 1.31 bits per heavy atom. The topological polar surface area (TPSA) is 26.3 Å². The first-order valence-corrected chi connectivity index (χ1v) is 5.29. The first-order chi connectivity index (χ1) is 6.24. The molecule has 0 aromatic heterocycles. The molecule has 0 radical (unpaired) electrons. The molecule has 0 bridgehead atoms. The maximum absolute atomic E-state index is 10.1. The molecule has 0 heterocycles. The van der Waals surface area contributed by atoms with E-state index < -0.39 is 0 Å². The zero-order valence-electron chi connectivity index (χ0n) is 8.66. The Hall–Kier alpha value is -0.370. The maximum atomic E-state index is 10.1. The van der Waals surface area contributed by atoms with Gasteiger partial charge in [-0.1, -0.05) is 13.8 Å². The molecule has 1 aliphatic rings. The van der Waals surface area contributed by atoms with Crippen LogP contribution < -0.4 is 0 Å². The van der Waals surface area contributed by atoms with Gasteiger partial charge in [0.05, 0.1) is 6.10 Å². The molecule has 0 saturated heterocycles. The van der Waals surface area contributed by atoms with Crippen LogP contribution in [0.2, 0.25) is 0 Å². The van der Waals surface area contributed by atoms with Gasteiger partial charge in [0.15, 0.2) is 0 Å². The molecular weight excluding hydrogens is 164 g/mol. The smallest absolute Gasteiger partial charge is 0.145 e. The van der Waals surface area contributed by atoms with Crippen LogP contribution in [0.1, 0.15) is 39.5 Å². The molecule has 0 N–H and O–H groups in total. The summed E-state index contributed by atoms with van der Waals surface area (Å²) in [5.74, 6) is 1.67. The molecule has 1 aliphatic carbocycles. The van der Waals surface area contributed by atoms with Gasteiger partial charge in [-0.05, 0) is 37.5 Å². The fourth-order valence-electron chi connectivity index (χ4n) is 2.10. The lowest BCUT2D eigenvalue weighted by molar-refractivity contribution is -0.114. The highest BCUT2D eigenvalue weighted by atomic mass is 16.5. The first-order valence-electron chi connectivity index (χ1n) is 5.29. The van der Waals surface area contributed by atoms with Crippen LogP contribution in [0.25, 0.3) is 0 Å². The van der Waals surface area contributed by atoms with Crippen molar-refractivity contribution >= 4 is 6.29 Å². The molecular formula is C11H20O2. The second kappa shape index (κ2) is 5.38. The van der Waals surface area contributed by atoms with Gasteiger partial charge in [0.1, 0.15) is 12.9 Å². The van der Waals surface area contributed by atoms with E-state index in [-0.39, 0.29) is 6.61 Å². The normalized spacial score (nSPS) is 29.2. The Morgan fingerprint density at radius 2 is 1.92 bits per heavy atom. The standard InChI is InChI=1S/C11H20O2/c1-9(2)10-3-5-11(6-4-10)13-8-7-12/h7,9-11H,3-6,8H2,1-2H3. The lowest BCUT2D eigenvalue weighted by atomic mass is 9.80. The molecule has 1 fully saturated rings. The average molecular weight is 184 g/mol. The maximum Gasteiger partial charge on any atom is 0.145 e. The van der Waals surface area contributed by atoms with E-state index >= 15 is 0 Å². The zero-order chi connectivity index (χ0) is 9.68. The summed E-state index contributed by atoms with van der Waals surface area (Å²) in [6.45, 7) is 4.85. The van der Waals surface area contributed by atoms with Crippen LogP contribution in [-0.2, 0) is 9.53 Å². The molecule has 13 heavy (non-hydrogen) atoms. The SMILES string of the molecule is CC(C)C1CCC(OCC=O)CC1. The number of aldehydes is 1. The molecule has 1 rings (SSSR count). The van der Waals surface area contributed by atoms with E-state index in [4.69, 9.17) is 4.74 Å². The molecule has 76 valence electrons. The predicted molar refractivity (Wildman–Crippen MR) is 52.6 cm³/mol. The van der Waals surface area contributed by atoms with E-state index in [0.29, 0.717) is 6.10 Å². The molecule has 0 aliphatic heterocycles. The van der Waals surface area contributed by atoms with Crippen molar-refractivity contribution in [2.75, 3.05) is 6.61 Å². The van der Waals surface area contributed by atoms with Gasteiger partial charge in [0.2, 0.25) is 0 Å². The Labute approximate surface area is 80.7 Å². The summed E-state index contributed by atoms with van der Waals surface area (Å²) in [5, 5.41) is 0. The molecule has 0 aromatic carbocycles. The van der Waals surface area contributed by atoms with Gasteiger partial charge in [0, 0.05) is 0 Å². The van der Waals surface area contributed by atoms with E-state index in [1.54, 1.807) is 0 Å². The quantitative estimate of drug-likeness (QED) is 0.627. The fourth-order valence-corrected chi connectivity index (χ4v) is 2.10. The van der Waals surface area contributed by atoms with Crippen LogP contribution in [0, 0.1) is 11.8 Å². The molecule has 0 amide bonds. The van der Waals surface area contributed by atoms with Gasteiger partial charge in [-0.25, -0.2) is 0 Å². The molecule has 2 heteroatoms. The first kappa shape index (κ1) is 10.7.